The number of aliphatic hydroxyl groups is 1. The molecule has 0 spiro atoms. The number of hydrogen-bond acceptors (Lipinski definition) is 3. The fourth-order valence-electron chi connectivity index (χ4n) is 1.35. The standard InChI is InChI=1S/C13H21NO2S2/c1-13(2,3)18(16)14-12(9-15)10-5-7-11(17-4)8-6-10/h5-8,12,14-15H,9H2,1-4H3/t12-,18-/m1/s1. The highest BCUT2D eigenvalue weighted by atomic mass is 32.2. The van der Waals surface area contributed by atoms with Crippen molar-refractivity contribution in [2.75, 3.05) is 12.9 Å². The second kappa shape index (κ2) is 6.70. The van der Waals surface area contributed by atoms with E-state index in [1.165, 1.54) is 4.90 Å². The van der Waals surface area contributed by atoms with Crippen LogP contribution >= 0.6 is 11.8 Å². The van der Waals surface area contributed by atoms with E-state index in [0.29, 0.717) is 0 Å². The van der Waals surface area contributed by atoms with Crippen LogP contribution in [0.1, 0.15) is 32.4 Å². The van der Waals surface area contributed by atoms with E-state index in [9.17, 15) is 9.32 Å². The molecule has 5 heteroatoms. The van der Waals surface area contributed by atoms with Gasteiger partial charge in [-0.3, -0.25) is 0 Å². The van der Waals surface area contributed by atoms with Crippen LogP contribution in [-0.2, 0) is 11.0 Å². The smallest absolute Gasteiger partial charge is 0.0976 e. The van der Waals surface area contributed by atoms with Gasteiger partial charge in [-0.05, 0) is 44.7 Å². The summed E-state index contributed by atoms with van der Waals surface area (Å²) in [5, 5.41) is 9.42. The summed E-state index contributed by atoms with van der Waals surface area (Å²) in [6.45, 7) is 5.64. The zero-order valence-corrected chi connectivity index (χ0v) is 12.9. The van der Waals surface area contributed by atoms with Crippen molar-refractivity contribution in [3.63, 3.8) is 0 Å². The van der Waals surface area contributed by atoms with Crippen LogP contribution in [0.3, 0.4) is 0 Å². The molecule has 1 aromatic carbocycles. The molecule has 0 bridgehead atoms. The van der Waals surface area contributed by atoms with Gasteiger partial charge in [-0.2, -0.15) is 0 Å². The Morgan fingerprint density at radius 2 is 1.89 bits per heavy atom. The largest absolute Gasteiger partial charge is 0.394 e. The summed E-state index contributed by atoms with van der Waals surface area (Å²) in [6, 6.07) is 7.63. The van der Waals surface area contributed by atoms with Crippen molar-refractivity contribution < 1.29 is 9.32 Å². The van der Waals surface area contributed by atoms with Crippen molar-refractivity contribution in [1.29, 1.82) is 0 Å². The highest BCUT2D eigenvalue weighted by Crippen LogP contribution is 2.20. The zero-order valence-electron chi connectivity index (χ0n) is 11.3. The summed E-state index contributed by atoms with van der Waals surface area (Å²) >= 11 is 1.67. The lowest BCUT2D eigenvalue weighted by Gasteiger charge is -2.23. The van der Waals surface area contributed by atoms with E-state index in [-0.39, 0.29) is 17.4 Å². The molecule has 0 saturated heterocycles. The van der Waals surface area contributed by atoms with Gasteiger partial charge in [0.05, 0.1) is 28.4 Å². The molecule has 1 rings (SSSR count). The van der Waals surface area contributed by atoms with Crippen LogP contribution < -0.4 is 4.72 Å². The summed E-state index contributed by atoms with van der Waals surface area (Å²) in [5.41, 5.74) is 0.952. The SMILES string of the molecule is CSc1ccc([C@@H](CO)N[S@](=O)C(C)(C)C)cc1. The van der Waals surface area contributed by atoms with Crippen molar-refractivity contribution in [3.05, 3.63) is 29.8 Å². The van der Waals surface area contributed by atoms with Crippen molar-refractivity contribution in [1.82, 2.24) is 4.72 Å². The van der Waals surface area contributed by atoms with Crippen molar-refractivity contribution >= 4 is 22.7 Å². The summed E-state index contributed by atoms with van der Waals surface area (Å²) in [6.07, 6.45) is 2.02. The van der Waals surface area contributed by atoms with E-state index < -0.39 is 11.0 Å². The Labute approximate surface area is 116 Å². The lowest BCUT2D eigenvalue weighted by atomic mass is 10.1. The zero-order chi connectivity index (χ0) is 13.8. The number of hydrogen-bond donors (Lipinski definition) is 2. The first-order valence-corrected chi connectivity index (χ1v) is 8.19. The summed E-state index contributed by atoms with van der Waals surface area (Å²) < 4.78 is 14.7. The van der Waals surface area contributed by atoms with Crippen molar-refractivity contribution in [2.45, 2.75) is 36.5 Å². The number of nitrogens with one attached hydrogen (secondary N) is 1. The van der Waals surface area contributed by atoms with Gasteiger partial charge < -0.3 is 5.11 Å². The molecule has 0 radical (unpaired) electrons. The van der Waals surface area contributed by atoms with Crippen LogP contribution in [-0.4, -0.2) is 26.9 Å². The second-order valence-corrected chi connectivity index (χ2v) is 7.88. The predicted molar refractivity (Wildman–Crippen MR) is 79.1 cm³/mol. The first kappa shape index (κ1) is 15.7. The molecule has 0 unspecified atom stereocenters. The molecule has 0 fully saturated rings. The Morgan fingerprint density at radius 3 is 2.28 bits per heavy atom. The van der Waals surface area contributed by atoms with Crippen LogP contribution in [0.2, 0.25) is 0 Å². The molecule has 0 saturated carbocycles. The molecule has 0 aliphatic rings. The van der Waals surface area contributed by atoms with Crippen LogP contribution in [0.4, 0.5) is 0 Å². The van der Waals surface area contributed by atoms with Gasteiger partial charge in [0.1, 0.15) is 0 Å². The number of aliphatic hydroxyl groups excluding tert-OH is 1. The van der Waals surface area contributed by atoms with Crippen molar-refractivity contribution in [3.8, 4) is 0 Å². The average molecular weight is 287 g/mol. The highest BCUT2D eigenvalue weighted by Gasteiger charge is 2.23. The molecule has 3 nitrogen and oxygen atoms in total. The number of thioether (sulfide) groups is 1. The Bertz CT molecular complexity index is 398. The minimum atomic E-state index is -1.19. The highest BCUT2D eigenvalue weighted by molar-refractivity contribution is 7.98. The monoisotopic (exact) mass is 287 g/mol. The number of benzene rings is 1. The minimum absolute atomic E-state index is 0.0690. The lowest BCUT2D eigenvalue weighted by molar-refractivity contribution is 0.259. The van der Waals surface area contributed by atoms with Gasteiger partial charge in [0.15, 0.2) is 0 Å². The van der Waals surface area contributed by atoms with Crippen LogP contribution in [0, 0.1) is 0 Å². The van der Waals surface area contributed by atoms with Gasteiger partial charge in [0, 0.05) is 4.90 Å². The molecule has 0 heterocycles. The van der Waals surface area contributed by atoms with Crippen LogP contribution in [0.5, 0.6) is 0 Å². The Balaban J connectivity index is 2.80. The first-order chi connectivity index (χ1) is 8.38. The van der Waals surface area contributed by atoms with Gasteiger partial charge in [0.2, 0.25) is 0 Å². The fourth-order valence-corrected chi connectivity index (χ4v) is 2.58. The van der Waals surface area contributed by atoms with Crippen LogP contribution in [0.15, 0.2) is 29.2 Å². The summed E-state index contributed by atoms with van der Waals surface area (Å²) in [4.78, 5) is 1.17. The maximum atomic E-state index is 12.0. The predicted octanol–water partition coefficient (Wildman–Crippen LogP) is 2.49. The molecule has 0 aliphatic heterocycles. The third-order valence-electron chi connectivity index (χ3n) is 2.51. The van der Waals surface area contributed by atoms with E-state index in [4.69, 9.17) is 0 Å². The van der Waals surface area contributed by atoms with Crippen molar-refractivity contribution in [2.24, 2.45) is 0 Å². The molecule has 0 aliphatic carbocycles. The van der Waals surface area contributed by atoms with E-state index in [2.05, 4.69) is 4.72 Å². The Kier molecular flexibility index (Phi) is 5.85. The molecule has 1 aromatic rings. The molecule has 18 heavy (non-hydrogen) atoms. The van der Waals surface area contributed by atoms with E-state index >= 15 is 0 Å². The quantitative estimate of drug-likeness (QED) is 0.818. The lowest BCUT2D eigenvalue weighted by Crippen LogP contribution is -2.37. The molecule has 2 N–H and O–H groups in total. The normalized spacial score (nSPS) is 15.4. The third-order valence-corrected chi connectivity index (χ3v) is 4.86. The number of rotatable bonds is 5. The molecule has 0 aromatic heterocycles. The summed E-state index contributed by atoms with van der Waals surface area (Å²) in [7, 11) is -1.19. The van der Waals surface area contributed by atoms with Gasteiger partial charge in [0.25, 0.3) is 0 Å². The molecule has 2 atom stereocenters. The molecule has 0 amide bonds. The van der Waals surface area contributed by atoms with Gasteiger partial charge in [-0.15, -0.1) is 11.8 Å². The van der Waals surface area contributed by atoms with Gasteiger partial charge in [-0.1, -0.05) is 12.1 Å². The summed E-state index contributed by atoms with van der Waals surface area (Å²) in [5.74, 6) is 0. The fraction of sp³-hybridized carbons (Fsp3) is 0.538. The Hall–Kier alpha value is -0.360. The average Bonchev–Trinajstić information content (AvgIpc) is 2.34. The van der Waals surface area contributed by atoms with Gasteiger partial charge >= 0.3 is 0 Å². The maximum absolute atomic E-state index is 12.0. The van der Waals surface area contributed by atoms with Crippen LogP contribution in [0.25, 0.3) is 0 Å². The third kappa shape index (κ3) is 4.39. The molecular weight excluding hydrogens is 266 g/mol. The van der Waals surface area contributed by atoms with E-state index in [1.54, 1.807) is 11.8 Å². The second-order valence-electron chi connectivity index (χ2n) is 5.01. The first-order valence-electron chi connectivity index (χ1n) is 5.81. The van der Waals surface area contributed by atoms with E-state index in [1.807, 2.05) is 51.3 Å². The Morgan fingerprint density at radius 1 is 1.33 bits per heavy atom. The van der Waals surface area contributed by atoms with Gasteiger partial charge in [-0.25, -0.2) is 8.93 Å². The van der Waals surface area contributed by atoms with E-state index in [0.717, 1.165) is 5.56 Å². The maximum Gasteiger partial charge on any atom is 0.0976 e. The topological polar surface area (TPSA) is 49.3 Å². The minimum Gasteiger partial charge on any atom is -0.394 e. The molecule has 102 valence electrons. The molecular formula is C13H21NO2S2.